The van der Waals surface area contributed by atoms with E-state index in [1.807, 2.05) is 24.7 Å². The number of alkyl halides is 3. The average Bonchev–Trinajstić information content (AvgIpc) is 3.12. The van der Waals surface area contributed by atoms with Crippen LogP contribution in [0.2, 0.25) is 0 Å². The molecule has 0 bridgehead atoms. The van der Waals surface area contributed by atoms with Gasteiger partial charge in [-0.15, -0.1) is 5.10 Å². The maximum atomic E-state index is 12.9. The van der Waals surface area contributed by atoms with Crippen LogP contribution in [0.1, 0.15) is 56.5 Å². The number of nitrogens with zero attached hydrogens (tertiary/aromatic N) is 4. The highest BCUT2D eigenvalue weighted by Gasteiger charge is 2.31. The molecule has 2 aromatic rings. The number of rotatable bonds is 5. The Morgan fingerprint density at radius 1 is 1.21 bits per heavy atom. The molecule has 2 N–H and O–H groups in total. The molecular weight excluding hydrogens is 367 g/mol. The first-order valence-corrected chi connectivity index (χ1v) is 9.65. The summed E-state index contributed by atoms with van der Waals surface area (Å²) in [4.78, 5) is 2.33. The molecule has 154 valence electrons. The van der Waals surface area contributed by atoms with Crippen molar-refractivity contribution in [3.05, 3.63) is 47.3 Å². The minimum Gasteiger partial charge on any atom is -0.320 e. The predicted molar refractivity (Wildman–Crippen MR) is 102 cm³/mol. The Morgan fingerprint density at radius 3 is 2.46 bits per heavy atom. The molecule has 0 amide bonds. The van der Waals surface area contributed by atoms with Crippen LogP contribution in [-0.4, -0.2) is 39.0 Å². The van der Waals surface area contributed by atoms with Gasteiger partial charge in [0.05, 0.1) is 23.3 Å². The molecule has 1 aliphatic heterocycles. The van der Waals surface area contributed by atoms with Gasteiger partial charge in [-0.1, -0.05) is 23.4 Å². The topological polar surface area (TPSA) is 60.0 Å². The summed E-state index contributed by atoms with van der Waals surface area (Å²) in [5, 5.41) is 8.42. The molecule has 1 aromatic carbocycles. The lowest BCUT2D eigenvalue weighted by molar-refractivity contribution is -0.137. The fourth-order valence-corrected chi connectivity index (χ4v) is 3.69. The van der Waals surface area contributed by atoms with Crippen molar-refractivity contribution in [3.8, 4) is 0 Å². The monoisotopic (exact) mass is 395 g/mol. The van der Waals surface area contributed by atoms with Gasteiger partial charge in [0, 0.05) is 19.1 Å². The van der Waals surface area contributed by atoms with E-state index in [1.54, 1.807) is 6.07 Å². The number of nitrogens with two attached hydrogens (primary N) is 1. The maximum Gasteiger partial charge on any atom is 0.416 e. The van der Waals surface area contributed by atoms with Gasteiger partial charge in [0.15, 0.2) is 0 Å². The summed E-state index contributed by atoms with van der Waals surface area (Å²) in [7, 11) is 0. The van der Waals surface area contributed by atoms with Crippen molar-refractivity contribution in [3.63, 3.8) is 0 Å². The van der Waals surface area contributed by atoms with Crippen molar-refractivity contribution in [1.82, 2.24) is 19.9 Å². The SMILES string of the molecule is CC(Cc1cccc(C(F)(F)F)c1)N1CCC(n2cc(C(C)(C)N)nn2)CC1. The summed E-state index contributed by atoms with van der Waals surface area (Å²) in [6.45, 7) is 7.64. The molecule has 1 saturated heterocycles. The number of benzene rings is 1. The van der Waals surface area contributed by atoms with Crippen LogP contribution in [0.3, 0.4) is 0 Å². The highest BCUT2D eigenvalue weighted by atomic mass is 19.4. The molecule has 0 saturated carbocycles. The quantitative estimate of drug-likeness (QED) is 0.838. The molecular formula is C20H28F3N5. The summed E-state index contributed by atoms with van der Waals surface area (Å²) in [5.41, 5.74) is 6.47. The van der Waals surface area contributed by atoms with Crippen molar-refractivity contribution < 1.29 is 13.2 Å². The lowest BCUT2D eigenvalue weighted by Crippen LogP contribution is -2.41. The number of likely N-dealkylation sites (tertiary alicyclic amines) is 1. The van der Waals surface area contributed by atoms with Crippen LogP contribution in [0.15, 0.2) is 30.5 Å². The Bertz CT molecular complexity index is 786. The number of piperidine rings is 1. The summed E-state index contributed by atoms with van der Waals surface area (Å²) in [6.07, 6.45) is 0.0869. The first-order valence-electron chi connectivity index (χ1n) is 9.65. The van der Waals surface area contributed by atoms with Gasteiger partial charge < -0.3 is 10.6 Å². The fourth-order valence-electron chi connectivity index (χ4n) is 3.69. The lowest BCUT2D eigenvalue weighted by Gasteiger charge is -2.36. The van der Waals surface area contributed by atoms with Crippen LogP contribution in [0.25, 0.3) is 0 Å². The second-order valence-electron chi connectivity index (χ2n) is 8.32. The number of aromatic nitrogens is 3. The molecule has 0 radical (unpaired) electrons. The molecule has 1 atom stereocenters. The maximum absolute atomic E-state index is 12.9. The van der Waals surface area contributed by atoms with Crippen molar-refractivity contribution >= 4 is 0 Å². The van der Waals surface area contributed by atoms with Crippen LogP contribution in [0.4, 0.5) is 13.2 Å². The van der Waals surface area contributed by atoms with Gasteiger partial charge in [-0.25, -0.2) is 4.68 Å². The second kappa shape index (κ2) is 7.83. The van der Waals surface area contributed by atoms with E-state index < -0.39 is 17.3 Å². The van der Waals surface area contributed by atoms with Gasteiger partial charge in [-0.2, -0.15) is 13.2 Å². The minimum absolute atomic E-state index is 0.179. The Labute approximate surface area is 163 Å². The van der Waals surface area contributed by atoms with Crippen LogP contribution in [0, 0.1) is 0 Å². The summed E-state index contributed by atoms with van der Waals surface area (Å²) in [5.74, 6) is 0. The molecule has 1 aromatic heterocycles. The first-order chi connectivity index (χ1) is 13.0. The van der Waals surface area contributed by atoms with E-state index in [2.05, 4.69) is 22.1 Å². The summed E-state index contributed by atoms with van der Waals surface area (Å²) in [6, 6.07) is 6.09. The number of halogens is 3. The molecule has 0 spiro atoms. The Balaban J connectivity index is 1.57. The molecule has 1 unspecified atom stereocenters. The van der Waals surface area contributed by atoms with Gasteiger partial charge in [0.1, 0.15) is 5.69 Å². The zero-order valence-corrected chi connectivity index (χ0v) is 16.6. The van der Waals surface area contributed by atoms with Crippen molar-refractivity contribution in [2.24, 2.45) is 5.73 Å². The first kappa shape index (κ1) is 20.8. The summed E-state index contributed by atoms with van der Waals surface area (Å²) >= 11 is 0. The van der Waals surface area contributed by atoms with Crippen LogP contribution in [0.5, 0.6) is 0 Å². The van der Waals surface area contributed by atoms with Gasteiger partial charge in [0.2, 0.25) is 0 Å². The van der Waals surface area contributed by atoms with E-state index in [-0.39, 0.29) is 12.1 Å². The Kier molecular flexibility index (Phi) is 5.82. The molecule has 1 fully saturated rings. The van der Waals surface area contributed by atoms with Gasteiger partial charge in [0.25, 0.3) is 0 Å². The van der Waals surface area contributed by atoms with Gasteiger partial charge in [-0.3, -0.25) is 0 Å². The van der Waals surface area contributed by atoms with E-state index in [1.165, 1.54) is 12.1 Å². The van der Waals surface area contributed by atoms with Crippen LogP contribution >= 0.6 is 0 Å². The van der Waals surface area contributed by atoms with Crippen molar-refractivity contribution in [2.75, 3.05) is 13.1 Å². The zero-order chi connectivity index (χ0) is 20.5. The minimum atomic E-state index is -4.30. The van der Waals surface area contributed by atoms with Gasteiger partial charge in [-0.05, 0) is 51.7 Å². The van der Waals surface area contributed by atoms with E-state index in [0.717, 1.165) is 43.3 Å². The molecule has 28 heavy (non-hydrogen) atoms. The highest BCUT2D eigenvalue weighted by molar-refractivity contribution is 5.26. The normalized spacial score (nSPS) is 18.4. The highest BCUT2D eigenvalue weighted by Crippen LogP contribution is 2.30. The smallest absolute Gasteiger partial charge is 0.320 e. The third-order valence-corrected chi connectivity index (χ3v) is 5.45. The fraction of sp³-hybridized carbons (Fsp3) is 0.600. The number of hydrogen-bond acceptors (Lipinski definition) is 4. The van der Waals surface area contributed by atoms with Gasteiger partial charge >= 0.3 is 6.18 Å². The second-order valence-corrected chi connectivity index (χ2v) is 8.32. The zero-order valence-electron chi connectivity index (χ0n) is 16.6. The largest absolute Gasteiger partial charge is 0.416 e. The third-order valence-electron chi connectivity index (χ3n) is 5.45. The van der Waals surface area contributed by atoms with E-state index >= 15 is 0 Å². The summed E-state index contributed by atoms with van der Waals surface area (Å²) < 4.78 is 40.6. The Hall–Kier alpha value is -1.93. The standard InChI is InChI=1S/C20H28F3N5/c1-14(11-15-5-4-6-16(12-15)20(21,22)23)27-9-7-17(8-10-27)28-13-18(25-26-28)19(2,3)24/h4-6,12-14,17H,7-11,24H2,1-3H3. The average molecular weight is 395 g/mol. The number of hydrogen-bond donors (Lipinski definition) is 1. The van der Waals surface area contributed by atoms with E-state index in [4.69, 9.17) is 5.73 Å². The van der Waals surface area contributed by atoms with Crippen LogP contribution < -0.4 is 5.73 Å². The third kappa shape index (κ3) is 4.91. The molecule has 2 heterocycles. The van der Waals surface area contributed by atoms with E-state index in [9.17, 15) is 13.2 Å². The van der Waals surface area contributed by atoms with Crippen molar-refractivity contribution in [1.29, 1.82) is 0 Å². The van der Waals surface area contributed by atoms with E-state index in [0.29, 0.717) is 6.42 Å². The Morgan fingerprint density at radius 2 is 1.89 bits per heavy atom. The lowest BCUT2D eigenvalue weighted by atomic mass is 9.99. The molecule has 8 heteroatoms. The van der Waals surface area contributed by atoms with Crippen LogP contribution in [-0.2, 0) is 18.1 Å². The predicted octanol–water partition coefficient (Wildman–Crippen LogP) is 3.76. The molecule has 3 rings (SSSR count). The molecule has 1 aliphatic rings. The molecule has 5 nitrogen and oxygen atoms in total. The van der Waals surface area contributed by atoms with Crippen molar-refractivity contribution in [2.45, 2.75) is 63.8 Å². The molecule has 0 aliphatic carbocycles.